The number of likely N-dealkylation sites (N-methyl/N-ethyl adjacent to an activating group) is 1. The normalized spacial score (nSPS) is 19.4. The molecule has 19 heavy (non-hydrogen) atoms. The highest BCUT2D eigenvalue weighted by Crippen LogP contribution is 2.15. The second kappa shape index (κ2) is 6.65. The van der Waals surface area contributed by atoms with Gasteiger partial charge in [0.1, 0.15) is 5.82 Å². The SMILES string of the molecule is CN(C1CCNC1)S(=O)(=O)Cc1ccc(F)cc1.Cl. The van der Waals surface area contributed by atoms with Gasteiger partial charge in [0, 0.05) is 19.6 Å². The maximum atomic E-state index is 12.8. The second-order valence-electron chi connectivity index (χ2n) is 4.55. The Kier molecular flexibility index (Phi) is 5.73. The van der Waals surface area contributed by atoms with Gasteiger partial charge in [0.05, 0.1) is 5.75 Å². The zero-order chi connectivity index (χ0) is 13.2. The molecule has 7 heteroatoms. The number of nitrogens with one attached hydrogen (secondary N) is 1. The lowest BCUT2D eigenvalue weighted by molar-refractivity contribution is 0.387. The molecule has 0 spiro atoms. The number of hydrogen-bond donors (Lipinski definition) is 1. The molecule has 4 nitrogen and oxygen atoms in total. The third-order valence-corrected chi connectivity index (χ3v) is 5.12. The molecule has 1 aromatic carbocycles. The summed E-state index contributed by atoms with van der Waals surface area (Å²) in [5.41, 5.74) is 0.606. The fourth-order valence-electron chi connectivity index (χ4n) is 2.07. The number of sulfonamides is 1. The molecule has 1 aliphatic heterocycles. The van der Waals surface area contributed by atoms with E-state index in [4.69, 9.17) is 0 Å². The van der Waals surface area contributed by atoms with E-state index in [9.17, 15) is 12.8 Å². The van der Waals surface area contributed by atoms with Crippen LogP contribution < -0.4 is 5.32 Å². The van der Waals surface area contributed by atoms with Gasteiger partial charge in [-0.2, -0.15) is 0 Å². The average molecular weight is 309 g/mol. The number of benzene rings is 1. The topological polar surface area (TPSA) is 49.4 Å². The van der Waals surface area contributed by atoms with Gasteiger partial charge in [-0.15, -0.1) is 12.4 Å². The van der Waals surface area contributed by atoms with Gasteiger partial charge in [-0.1, -0.05) is 12.1 Å². The first-order valence-corrected chi connectivity index (χ1v) is 7.51. The molecular weight excluding hydrogens is 291 g/mol. The molecular formula is C12H18ClFN2O2S. The molecule has 1 atom stereocenters. The van der Waals surface area contributed by atoms with Crippen LogP contribution in [0.15, 0.2) is 24.3 Å². The molecule has 0 radical (unpaired) electrons. The zero-order valence-electron chi connectivity index (χ0n) is 10.7. The predicted octanol–water partition coefficient (Wildman–Crippen LogP) is 1.37. The van der Waals surface area contributed by atoms with E-state index in [1.807, 2.05) is 0 Å². The lowest BCUT2D eigenvalue weighted by Gasteiger charge is -2.23. The van der Waals surface area contributed by atoms with E-state index in [2.05, 4.69) is 5.32 Å². The third kappa shape index (κ3) is 4.14. The molecule has 1 aromatic rings. The summed E-state index contributed by atoms with van der Waals surface area (Å²) < 4.78 is 38.5. The van der Waals surface area contributed by atoms with Crippen molar-refractivity contribution in [2.75, 3.05) is 20.1 Å². The molecule has 0 aromatic heterocycles. The Hall–Kier alpha value is -0.690. The van der Waals surface area contributed by atoms with Crippen molar-refractivity contribution in [2.24, 2.45) is 0 Å². The minimum atomic E-state index is -3.34. The summed E-state index contributed by atoms with van der Waals surface area (Å²) in [6.07, 6.45) is 0.832. The molecule has 0 amide bonds. The van der Waals surface area contributed by atoms with Crippen molar-refractivity contribution in [2.45, 2.75) is 18.2 Å². The van der Waals surface area contributed by atoms with E-state index in [1.165, 1.54) is 28.6 Å². The summed E-state index contributed by atoms with van der Waals surface area (Å²) in [5.74, 6) is -0.440. The Morgan fingerprint density at radius 3 is 2.53 bits per heavy atom. The maximum Gasteiger partial charge on any atom is 0.218 e. The monoisotopic (exact) mass is 308 g/mol. The molecule has 108 valence electrons. The van der Waals surface area contributed by atoms with Gasteiger partial charge in [0.15, 0.2) is 0 Å². The highest BCUT2D eigenvalue weighted by molar-refractivity contribution is 7.88. The van der Waals surface area contributed by atoms with Crippen LogP contribution >= 0.6 is 12.4 Å². The van der Waals surface area contributed by atoms with Gasteiger partial charge < -0.3 is 5.32 Å². The molecule has 1 heterocycles. The lowest BCUT2D eigenvalue weighted by atomic mass is 10.2. The van der Waals surface area contributed by atoms with Crippen LogP contribution in [0.5, 0.6) is 0 Å². The van der Waals surface area contributed by atoms with Gasteiger partial charge in [0.2, 0.25) is 10.0 Å². The van der Waals surface area contributed by atoms with Crippen molar-refractivity contribution in [3.05, 3.63) is 35.6 Å². The van der Waals surface area contributed by atoms with Crippen molar-refractivity contribution in [3.8, 4) is 0 Å². The van der Waals surface area contributed by atoms with Crippen LogP contribution in [0.3, 0.4) is 0 Å². The number of nitrogens with zero attached hydrogens (tertiary/aromatic N) is 1. The smallest absolute Gasteiger partial charge is 0.218 e. The van der Waals surface area contributed by atoms with Gasteiger partial charge in [-0.25, -0.2) is 17.1 Å². The lowest BCUT2D eigenvalue weighted by Crippen LogP contribution is -2.38. The van der Waals surface area contributed by atoms with Crippen LogP contribution in [-0.4, -0.2) is 38.9 Å². The summed E-state index contributed by atoms with van der Waals surface area (Å²) >= 11 is 0. The third-order valence-electron chi connectivity index (χ3n) is 3.25. The van der Waals surface area contributed by atoms with E-state index >= 15 is 0 Å². The van der Waals surface area contributed by atoms with Crippen LogP contribution in [0, 0.1) is 5.82 Å². The minimum absolute atomic E-state index is 0. The molecule has 1 saturated heterocycles. The van der Waals surface area contributed by atoms with Crippen LogP contribution in [-0.2, 0) is 15.8 Å². The largest absolute Gasteiger partial charge is 0.315 e. The van der Waals surface area contributed by atoms with Crippen molar-refractivity contribution >= 4 is 22.4 Å². The van der Waals surface area contributed by atoms with Crippen molar-refractivity contribution < 1.29 is 12.8 Å². The van der Waals surface area contributed by atoms with Gasteiger partial charge in [-0.3, -0.25) is 0 Å². The van der Waals surface area contributed by atoms with Gasteiger partial charge in [-0.05, 0) is 30.7 Å². The van der Waals surface area contributed by atoms with Crippen LogP contribution in [0.25, 0.3) is 0 Å². The summed E-state index contributed by atoms with van der Waals surface area (Å²) in [5, 5.41) is 3.14. The number of rotatable bonds is 4. The van der Waals surface area contributed by atoms with Crippen molar-refractivity contribution in [1.82, 2.24) is 9.62 Å². The van der Waals surface area contributed by atoms with E-state index in [1.54, 1.807) is 7.05 Å². The first-order chi connectivity index (χ1) is 8.49. The molecule has 2 rings (SSSR count). The Morgan fingerprint density at radius 1 is 1.37 bits per heavy atom. The first kappa shape index (κ1) is 16.4. The Bertz CT molecular complexity index is 501. The highest BCUT2D eigenvalue weighted by atomic mass is 35.5. The van der Waals surface area contributed by atoms with Gasteiger partial charge >= 0.3 is 0 Å². The first-order valence-electron chi connectivity index (χ1n) is 5.90. The van der Waals surface area contributed by atoms with E-state index in [-0.39, 0.29) is 30.0 Å². The molecule has 0 bridgehead atoms. The van der Waals surface area contributed by atoms with Crippen LogP contribution in [0.2, 0.25) is 0 Å². The van der Waals surface area contributed by atoms with Crippen LogP contribution in [0.1, 0.15) is 12.0 Å². The van der Waals surface area contributed by atoms with Crippen molar-refractivity contribution in [3.63, 3.8) is 0 Å². The predicted molar refractivity (Wildman–Crippen MR) is 75.3 cm³/mol. The van der Waals surface area contributed by atoms with E-state index in [0.29, 0.717) is 12.1 Å². The van der Waals surface area contributed by atoms with Gasteiger partial charge in [0.25, 0.3) is 0 Å². The van der Waals surface area contributed by atoms with E-state index in [0.717, 1.165) is 13.0 Å². The molecule has 1 aliphatic rings. The maximum absolute atomic E-state index is 12.8. The number of halogens is 2. The highest BCUT2D eigenvalue weighted by Gasteiger charge is 2.28. The second-order valence-corrected chi connectivity index (χ2v) is 6.57. The van der Waals surface area contributed by atoms with Crippen molar-refractivity contribution in [1.29, 1.82) is 0 Å². The Labute approximate surface area is 119 Å². The zero-order valence-corrected chi connectivity index (χ0v) is 12.3. The molecule has 1 fully saturated rings. The summed E-state index contributed by atoms with van der Waals surface area (Å²) in [4.78, 5) is 0. The quantitative estimate of drug-likeness (QED) is 0.914. The molecule has 0 saturated carbocycles. The number of hydrogen-bond acceptors (Lipinski definition) is 3. The minimum Gasteiger partial charge on any atom is -0.315 e. The summed E-state index contributed by atoms with van der Waals surface area (Å²) in [7, 11) is -1.73. The molecule has 1 N–H and O–H groups in total. The fraction of sp³-hybridized carbons (Fsp3) is 0.500. The Balaban J connectivity index is 0.00000180. The standard InChI is InChI=1S/C12H17FN2O2S.ClH/c1-15(12-6-7-14-8-12)18(16,17)9-10-2-4-11(13)5-3-10;/h2-5,12,14H,6-9H2,1H3;1H. The average Bonchev–Trinajstić information content (AvgIpc) is 2.84. The van der Waals surface area contributed by atoms with E-state index < -0.39 is 10.0 Å². The summed E-state index contributed by atoms with van der Waals surface area (Å²) in [6, 6.07) is 5.60. The molecule has 0 aliphatic carbocycles. The van der Waals surface area contributed by atoms with Crippen LogP contribution in [0.4, 0.5) is 4.39 Å². The Morgan fingerprint density at radius 2 is 2.00 bits per heavy atom. The molecule has 1 unspecified atom stereocenters. The fourth-order valence-corrected chi connectivity index (χ4v) is 3.52. The summed E-state index contributed by atoms with van der Waals surface area (Å²) in [6.45, 7) is 1.54.